The maximum Gasteiger partial charge on any atom is 0.320 e. The van der Waals surface area contributed by atoms with Crippen molar-refractivity contribution < 1.29 is 19.7 Å². The van der Waals surface area contributed by atoms with Crippen LogP contribution in [0.4, 0.5) is 0 Å². The van der Waals surface area contributed by atoms with Gasteiger partial charge in [0.1, 0.15) is 6.04 Å². The maximum absolute atomic E-state index is 10.7. The minimum atomic E-state index is -0.995. The molecule has 0 fully saturated rings. The number of aliphatic hydroxyl groups excluding tert-OH is 1. The van der Waals surface area contributed by atoms with Crippen molar-refractivity contribution in [3.05, 3.63) is 35.4 Å². The summed E-state index contributed by atoms with van der Waals surface area (Å²) in [5.74, 6) is -0.995. The van der Waals surface area contributed by atoms with Crippen LogP contribution in [0.25, 0.3) is 0 Å². The molecular weight excluding hydrogens is 258 g/mol. The number of aryl methyl sites for hydroxylation is 1. The number of hydrogen-bond donors (Lipinski definition) is 3. The molecule has 0 spiro atoms. The van der Waals surface area contributed by atoms with Crippen molar-refractivity contribution in [1.82, 2.24) is 0 Å². The molecule has 1 aromatic rings. The zero-order valence-electron chi connectivity index (χ0n) is 11.8. The number of carboxylic acid groups (broad SMARTS) is 1. The molecule has 0 amide bonds. The fourth-order valence-corrected chi connectivity index (χ4v) is 1.81. The summed E-state index contributed by atoms with van der Waals surface area (Å²) < 4.78 is 5.19. The van der Waals surface area contributed by atoms with Crippen LogP contribution in [0.2, 0.25) is 0 Å². The Kier molecular flexibility index (Phi) is 7.22. The van der Waals surface area contributed by atoms with Gasteiger partial charge >= 0.3 is 5.97 Å². The summed E-state index contributed by atoms with van der Waals surface area (Å²) in [4.78, 5) is 10.7. The normalized spacial score (nSPS) is 13.9. The van der Waals surface area contributed by atoms with Gasteiger partial charge in [0.2, 0.25) is 0 Å². The topological polar surface area (TPSA) is 92.8 Å². The molecule has 0 saturated heterocycles. The van der Waals surface area contributed by atoms with E-state index in [9.17, 15) is 9.90 Å². The van der Waals surface area contributed by atoms with Gasteiger partial charge in [0.05, 0.1) is 0 Å². The van der Waals surface area contributed by atoms with Gasteiger partial charge in [-0.1, -0.05) is 31.2 Å². The van der Waals surface area contributed by atoms with Crippen molar-refractivity contribution in [2.24, 2.45) is 5.73 Å². The maximum atomic E-state index is 10.7. The van der Waals surface area contributed by atoms with E-state index in [0.29, 0.717) is 19.4 Å². The van der Waals surface area contributed by atoms with Crippen LogP contribution in [0.5, 0.6) is 0 Å². The van der Waals surface area contributed by atoms with Crippen LogP contribution in [0, 0.1) is 0 Å². The van der Waals surface area contributed by atoms with Gasteiger partial charge in [-0.15, -0.1) is 0 Å². The van der Waals surface area contributed by atoms with Crippen molar-refractivity contribution in [1.29, 1.82) is 0 Å². The smallest absolute Gasteiger partial charge is 0.320 e. The molecule has 0 aliphatic carbocycles. The van der Waals surface area contributed by atoms with Crippen LogP contribution in [0.3, 0.4) is 0 Å². The molecule has 4 N–H and O–H groups in total. The third-order valence-electron chi connectivity index (χ3n) is 2.99. The molecule has 5 heteroatoms. The van der Waals surface area contributed by atoms with Crippen LogP contribution in [-0.2, 0) is 22.4 Å². The lowest BCUT2D eigenvalue weighted by Crippen LogP contribution is -2.32. The molecule has 0 radical (unpaired) electrons. The van der Waals surface area contributed by atoms with Crippen LogP contribution in [-0.4, -0.2) is 35.1 Å². The molecule has 0 aromatic heterocycles. The van der Waals surface area contributed by atoms with Crippen LogP contribution < -0.4 is 5.73 Å². The number of aliphatic hydroxyl groups is 1. The Morgan fingerprint density at radius 2 is 1.90 bits per heavy atom. The summed E-state index contributed by atoms with van der Waals surface area (Å²) >= 11 is 0. The number of nitrogens with two attached hydrogens (primary N) is 1. The van der Waals surface area contributed by atoms with Crippen molar-refractivity contribution in [2.75, 3.05) is 6.61 Å². The molecule has 5 nitrogen and oxygen atoms in total. The summed E-state index contributed by atoms with van der Waals surface area (Å²) in [6.45, 7) is 2.56. The third kappa shape index (κ3) is 6.14. The lowest BCUT2D eigenvalue weighted by Gasteiger charge is -2.11. The first-order chi connectivity index (χ1) is 9.52. The second kappa shape index (κ2) is 8.68. The van der Waals surface area contributed by atoms with E-state index in [2.05, 4.69) is 0 Å². The minimum absolute atomic E-state index is 0.317. The molecule has 0 aliphatic rings. The van der Waals surface area contributed by atoms with Crippen molar-refractivity contribution in [3.8, 4) is 0 Å². The quantitative estimate of drug-likeness (QED) is 0.594. The summed E-state index contributed by atoms with van der Waals surface area (Å²) in [6, 6.07) is 6.73. The zero-order chi connectivity index (χ0) is 15.0. The predicted molar refractivity (Wildman–Crippen MR) is 76.3 cm³/mol. The molecule has 112 valence electrons. The number of ether oxygens (including phenoxy) is 1. The fraction of sp³-hybridized carbons (Fsp3) is 0.533. The Morgan fingerprint density at radius 1 is 1.30 bits per heavy atom. The molecule has 0 bridgehead atoms. The molecular formula is C15H23NO4. The van der Waals surface area contributed by atoms with E-state index in [1.54, 1.807) is 0 Å². The molecule has 1 rings (SSSR count). The van der Waals surface area contributed by atoms with Gasteiger partial charge in [-0.25, -0.2) is 0 Å². The van der Waals surface area contributed by atoms with E-state index < -0.39 is 18.3 Å². The highest BCUT2D eigenvalue weighted by Gasteiger charge is 2.11. The second-order valence-corrected chi connectivity index (χ2v) is 4.83. The SMILES string of the molecule is CCCOC(O)CCc1ccc(CC(N)C(=O)O)cc1. The first kappa shape index (κ1) is 16.6. The summed E-state index contributed by atoms with van der Waals surface area (Å²) in [5.41, 5.74) is 7.46. The van der Waals surface area contributed by atoms with Gasteiger partial charge in [-0.3, -0.25) is 4.79 Å². The second-order valence-electron chi connectivity index (χ2n) is 4.83. The summed E-state index contributed by atoms with van der Waals surface area (Å²) in [5, 5.41) is 18.3. The lowest BCUT2D eigenvalue weighted by atomic mass is 10.0. The average molecular weight is 281 g/mol. The standard InChI is InChI=1S/C15H23NO4/c1-2-9-20-14(17)8-7-11-3-5-12(6-4-11)10-13(16)15(18)19/h3-6,13-14,17H,2,7-10,16H2,1H3,(H,18,19). The predicted octanol–water partition coefficient (Wildman–Crippen LogP) is 1.32. The number of carboxylic acids is 1. The van der Waals surface area contributed by atoms with Crippen molar-refractivity contribution in [3.63, 3.8) is 0 Å². The van der Waals surface area contributed by atoms with Crippen molar-refractivity contribution in [2.45, 2.75) is 44.9 Å². The highest BCUT2D eigenvalue weighted by molar-refractivity contribution is 5.73. The van der Waals surface area contributed by atoms with Crippen LogP contribution in [0.1, 0.15) is 30.9 Å². The molecule has 0 aliphatic heterocycles. The molecule has 20 heavy (non-hydrogen) atoms. The van der Waals surface area contributed by atoms with Gasteiger partial charge < -0.3 is 20.7 Å². The lowest BCUT2D eigenvalue weighted by molar-refractivity contribution is -0.138. The Balaban J connectivity index is 2.40. The minimum Gasteiger partial charge on any atom is -0.480 e. The van der Waals surface area contributed by atoms with E-state index in [1.165, 1.54) is 0 Å². The molecule has 1 aromatic carbocycles. The highest BCUT2D eigenvalue weighted by Crippen LogP contribution is 2.10. The fourth-order valence-electron chi connectivity index (χ4n) is 1.81. The summed E-state index contributed by atoms with van der Waals surface area (Å²) in [7, 11) is 0. The summed E-state index contributed by atoms with van der Waals surface area (Å²) in [6.07, 6.45) is 1.74. The number of benzene rings is 1. The van der Waals surface area contributed by atoms with Gasteiger partial charge in [-0.05, 0) is 30.4 Å². The first-order valence-electron chi connectivity index (χ1n) is 6.88. The Morgan fingerprint density at radius 3 is 2.45 bits per heavy atom. The van der Waals surface area contributed by atoms with E-state index >= 15 is 0 Å². The van der Waals surface area contributed by atoms with E-state index in [4.69, 9.17) is 15.6 Å². The van der Waals surface area contributed by atoms with E-state index in [0.717, 1.165) is 24.0 Å². The highest BCUT2D eigenvalue weighted by atomic mass is 16.6. The van der Waals surface area contributed by atoms with E-state index in [-0.39, 0.29) is 0 Å². The van der Waals surface area contributed by atoms with Gasteiger partial charge in [0, 0.05) is 13.0 Å². The van der Waals surface area contributed by atoms with Crippen LogP contribution >= 0.6 is 0 Å². The zero-order valence-corrected chi connectivity index (χ0v) is 11.8. The van der Waals surface area contributed by atoms with Gasteiger partial charge in [0.15, 0.2) is 6.29 Å². The monoisotopic (exact) mass is 281 g/mol. The molecule has 0 saturated carbocycles. The Bertz CT molecular complexity index is 405. The Hall–Kier alpha value is -1.43. The molecule has 2 unspecified atom stereocenters. The molecule has 2 atom stereocenters. The molecule has 0 heterocycles. The van der Waals surface area contributed by atoms with Gasteiger partial charge in [0.25, 0.3) is 0 Å². The van der Waals surface area contributed by atoms with Crippen molar-refractivity contribution >= 4 is 5.97 Å². The average Bonchev–Trinajstić information content (AvgIpc) is 2.44. The van der Waals surface area contributed by atoms with Crippen LogP contribution in [0.15, 0.2) is 24.3 Å². The first-order valence-corrected chi connectivity index (χ1v) is 6.88. The number of hydrogen-bond acceptors (Lipinski definition) is 4. The Labute approximate surface area is 119 Å². The number of carbonyl (C=O) groups is 1. The largest absolute Gasteiger partial charge is 0.480 e. The van der Waals surface area contributed by atoms with Gasteiger partial charge in [-0.2, -0.15) is 0 Å². The van der Waals surface area contributed by atoms with E-state index in [1.807, 2.05) is 31.2 Å². The number of aliphatic carboxylic acids is 1. The number of rotatable bonds is 9. The third-order valence-corrected chi connectivity index (χ3v) is 2.99.